The fraction of sp³-hybridized carbons (Fsp3) is 0.400. The van der Waals surface area contributed by atoms with Crippen molar-refractivity contribution in [1.82, 2.24) is 10.2 Å². The number of rotatable bonds is 3. The van der Waals surface area contributed by atoms with E-state index in [0.29, 0.717) is 12.1 Å². The molecule has 0 spiro atoms. The zero-order chi connectivity index (χ0) is 14.8. The van der Waals surface area contributed by atoms with Crippen LogP contribution in [-0.2, 0) is 0 Å². The second-order valence-electron chi connectivity index (χ2n) is 6.57. The van der Waals surface area contributed by atoms with Crippen LogP contribution in [-0.4, -0.2) is 30.6 Å². The number of likely N-dealkylation sites (tertiary alicyclic amines) is 1. The molecule has 0 unspecified atom stereocenters. The van der Waals surface area contributed by atoms with Gasteiger partial charge in [-0.3, -0.25) is 4.90 Å². The highest BCUT2D eigenvalue weighted by Gasteiger charge is 2.39. The predicted octanol–water partition coefficient (Wildman–Crippen LogP) is 3.46. The Morgan fingerprint density at radius 2 is 1.50 bits per heavy atom. The molecule has 2 aromatic rings. The zero-order valence-electron chi connectivity index (χ0n) is 13.0. The lowest BCUT2D eigenvalue weighted by Crippen LogP contribution is -2.47. The smallest absolute Gasteiger partial charge is 0.0604 e. The Morgan fingerprint density at radius 1 is 0.864 bits per heavy atom. The van der Waals surface area contributed by atoms with Crippen LogP contribution in [0.4, 0.5) is 0 Å². The van der Waals surface area contributed by atoms with Crippen LogP contribution >= 0.6 is 0 Å². The fourth-order valence-corrected chi connectivity index (χ4v) is 4.27. The van der Waals surface area contributed by atoms with Crippen LogP contribution in [0, 0.1) is 5.92 Å². The first-order valence-corrected chi connectivity index (χ1v) is 8.50. The molecule has 2 aromatic carbocycles. The van der Waals surface area contributed by atoms with Gasteiger partial charge < -0.3 is 5.32 Å². The van der Waals surface area contributed by atoms with Crippen LogP contribution in [0.2, 0.25) is 0 Å². The third-order valence-corrected chi connectivity index (χ3v) is 5.34. The quantitative estimate of drug-likeness (QED) is 0.932. The molecule has 0 radical (unpaired) electrons. The molecule has 22 heavy (non-hydrogen) atoms. The summed E-state index contributed by atoms with van der Waals surface area (Å²) in [5.41, 5.74) is 2.83. The summed E-state index contributed by atoms with van der Waals surface area (Å²) in [6, 6.07) is 23.1. The predicted molar refractivity (Wildman–Crippen MR) is 90.8 cm³/mol. The molecular formula is C20H24N2. The van der Waals surface area contributed by atoms with Gasteiger partial charge in [0.05, 0.1) is 6.04 Å². The van der Waals surface area contributed by atoms with Crippen molar-refractivity contribution < 1.29 is 0 Å². The molecule has 1 N–H and O–H groups in total. The third-order valence-electron chi connectivity index (χ3n) is 5.34. The maximum absolute atomic E-state index is 3.60. The van der Waals surface area contributed by atoms with Crippen LogP contribution < -0.4 is 5.32 Å². The number of hydrogen-bond acceptors (Lipinski definition) is 2. The van der Waals surface area contributed by atoms with Crippen molar-refractivity contribution in [1.29, 1.82) is 0 Å². The number of fused-ring (bicyclic) bond motifs is 1. The Balaban J connectivity index is 1.72. The van der Waals surface area contributed by atoms with Crippen LogP contribution in [0.3, 0.4) is 0 Å². The minimum atomic E-state index is 0.386. The largest absolute Gasteiger partial charge is 0.315 e. The molecule has 2 aliphatic heterocycles. The van der Waals surface area contributed by atoms with E-state index in [-0.39, 0.29) is 0 Å². The summed E-state index contributed by atoms with van der Waals surface area (Å²) in [6.45, 7) is 3.54. The van der Waals surface area contributed by atoms with Crippen molar-refractivity contribution in [2.24, 2.45) is 5.92 Å². The minimum Gasteiger partial charge on any atom is -0.315 e. The van der Waals surface area contributed by atoms with Crippen LogP contribution in [0.5, 0.6) is 0 Å². The molecule has 114 valence electrons. The van der Waals surface area contributed by atoms with E-state index >= 15 is 0 Å². The van der Waals surface area contributed by atoms with Gasteiger partial charge in [0, 0.05) is 12.6 Å². The summed E-state index contributed by atoms with van der Waals surface area (Å²) in [7, 11) is 0. The highest BCUT2D eigenvalue weighted by atomic mass is 15.2. The standard InChI is InChI=1S/C20H24N2/c1-3-7-17(8-4-1)20(18-9-5-2-6-10-18)22-14-12-16-11-13-21-15-19(16)22/h1-10,16,19-21H,11-15H2/t16-,19+/m0/s1. The van der Waals surface area contributed by atoms with Crippen LogP contribution in [0.15, 0.2) is 60.7 Å². The van der Waals surface area contributed by atoms with Gasteiger partial charge in [-0.25, -0.2) is 0 Å². The maximum atomic E-state index is 3.60. The highest BCUT2D eigenvalue weighted by molar-refractivity contribution is 5.32. The molecule has 4 rings (SSSR count). The molecule has 2 fully saturated rings. The first-order valence-electron chi connectivity index (χ1n) is 8.50. The molecule has 0 saturated carbocycles. The van der Waals surface area contributed by atoms with Crippen LogP contribution in [0.1, 0.15) is 30.0 Å². The van der Waals surface area contributed by atoms with E-state index in [1.54, 1.807) is 0 Å². The van der Waals surface area contributed by atoms with E-state index in [9.17, 15) is 0 Å². The Bertz CT molecular complexity index is 556. The Hall–Kier alpha value is -1.64. The van der Waals surface area contributed by atoms with E-state index in [4.69, 9.17) is 0 Å². The number of hydrogen-bond donors (Lipinski definition) is 1. The lowest BCUT2D eigenvalue weighted by molar-refractivity contribution is 0.161. The van der Waals surface area contributed by atoms with E-state index in [1.165, 1.54) is 37.1 Å². The van der Waals surface area contributed by atoms with E-state index in [2.05, 4.69) is 70.9 Å². The second kappa shape index (κ2) is 6.23. The molecule has 2 saturated heterocycles. The van der Waals surface area contributed by atoms with Crippen molar-refractivity contribution in [3.05, 3.63) is 71.8 Å². The van der Waals surface area contributed by atoms with Gasteiger partial charge in [0.2, 0.25) is 0 Å². The van der Waals surface area contributed by atoms with Crippen molar-refractivity contribution in [3.63, 3.8) is 0 Å². The summed E-state index contributed by atoms with van der Waals surface area (Å²) in [6.07, 6.45) is 2.68. The molecule has 2 aliphatic rings. The lowest BCUT2D eigenvalue weighted by Gasteiger charge is -2.38. The molecule has 0 amide bonds. The van der Waals surface area contributed by atoms with Crippen molar-refractivity contribution in [3.8, 4) is 0 Å². The monoisotopic (exact) mass is 292 g/mol. The highest BCUT2D eigenvalue weighted by Crippen LogP contribution is 2.38. The molecule has 2 nitrogen and oxygen atoms in total. The summed E-state index contributed by atoms with van der Waals surface area (Å²) >= 11 is 0. The minimum absolute atomic E-state index is 0.386. The average molecular weight is 292 g/mol. The number of nitrogens with zero attached hydrogens (tertiary/aromatic N) is 1. The number of nitrogens with one attached hydrogen (secondary N) is 1. The summed E-state index contributed by atoms with van der Waals surface area (Å²) < 4.78 is 0. The van der Waals surface area contributed by atoms with E-state index < -0.39 is 0 Å². The third kappa shape index (κ3) is 2.57. The van der Waals surface area contributed by atoms with E-state index in [0.717, 1.165) is 12.5 Å². The number of piperidine rings is 1. The van der Waals surface area contributed by atoms with E-state index in [1.807, 2.05) is 0 Å². The summed E-state index contributed by atoms with van der Waals surface area (Å²) in [5, 5.41) is 3.60. The van der Waals surface area contributed by atoms with Gasteiger partial charge in [0.25, 0.3) is 0 Å². The number of benzene rings is 2. The molecule has 0 aliphatic carbocycles. The van der Waals surface area contributed by atoms with Gasteiger partial charge >= 0.3 is 0 Å². The Labute approximate surface area is 133 Å². The Morgan fingerprint density at radius 3 is 2.14 bits per heavy atom. The first kappa shape index (κ1) is 14.0. The maximum Gasteiger partial charge on any atom is 0.0604 e. The SMILES string of the molecule is c1ccc(C(c2ccccc2)N2CC[C@@H]3CCNC[C@H]32)cc1. The molecular weight excluding hydrogens is 268 g/mol. The summed E-state index contributed by atoms with van der Waals surface area (Å²) in [5.74, 6) is 0.871. The molecule has 2 atom stereocenters. The van der Waals surface area contributed by atoms with Crippen molar-refractivity contribution >= 4 is 0 Å². The average Bonchev–Trinajstić information content (AvgIpc) is 3.01. The zero-order valence-corrected chi connectivity index (χ0v) is 13.0. The van der Waals surface area contributed by atoms with Crippen molar-refractivity contribution in [2.45, 2.75) is 24.9 Å². The summed E-state index contributed by atoms with van der Waals surface area (Å²) in [4.78, 5) is 2.74. The molecule has 2 heterocycles. The van der Waals surface area contributed by atoms with Crippen molar-refractivity contribution in [2.75, 3.05) is 19.6 Å². The Kier molecular flexibility index (Phi) is 3.96. The van der Waals surface area contributed by atoms with Gasteiger partial charge in [-0.2, -0.15) is 0 Å². The molecule has 0 aromatic heterocycles. The first-order chi connectivity index (χ1) is 10.9. The van der Waals surface area contributed by atoms with Gasteiger partial charge in [-0.15, -0.1) is 0 Å². The second-order valence-corrected chi connectivity index (χ2v) is 6.57. The normalized spacial score (nSPS) is 25.3. The van der Waals surface area contributed by atoms with Gasteiger partial charge in [0.15, 0.2) is 0 Å². The van der Waals surface area contributed by atoms with Crippen LogP contribution in [0.25, 0.3) is 0 Å². The molecule has 0 bridgehead atoms. The van der Waals surface area contributed by atoms with Gasteiger partial charge in [-0.1, -0.05) is 60.7 Å². The molecule has 2 heteroatoms. The van der Waals surface area contributed by atoms with Gasteiger partial charge in [-0.05, 0) is 43.0 Å². The topological polar surface area (TPSA) is 15.3 Å². The van der Waals surface area contributed by atoms with Gasteiger partial charge in [0.1, 0.15) is 0 Å². The lowest BCUT2D eigenvalue weighted by atomic mass is 9.91. The fourth-order valence-electron chi connectivity index (χ4n) is 4.27.